The third-order valence-electron chi connectivity index (χ3n) is 3.59. The van der Waals surface area contributed by atoms with Crippen LogP contribution >= 0.6 is 0 Å². The van der Waals surface area contributed by atoms with Gasteiger partial charge >= 0.3 is 0 Å². The van der Waals surface area contributed by atoms with Crippen LogP contribution in [0.4, 0.5) is 0 Å². The lowest BCUT2D eigenvalue weighted by Gasteiger charge is -2.32. The summed E-state index contributed by atoms with van der Waals surface area (Å²) in [4.78, 5) is 36.7. The first-order valence-electron chi connectivity index (χ1n) is 7.04. The minimum atomic E-state index is -0.761. The number of hydrogen-bond acceptors (Lipinski definition) is 4. The molecule has 0 aliphatic carbocycles. The van der Waals surface area contributed by atoms with Crippen LogP contribution < -0.4 is 0 Å². The number of rotatable bonds is 1. The summed E-state index contributed by atoms with van der Waals surface area (Å²) in [5.41, 5.74) is 1.44. The molecule has 21 heavy (non-hydrogen) atoms. The molecule has 0 spiro atoms. The largest absolute Gasteiger partial charge is 0.322 e. The first-order valence-corrected chi connectivity index (χ1v) is 7.04. The van der Waals surface area contributed by atoms with Crippen molar-refractivity contribution in [2.45, 2.75) is 39.3 Å². The van der Waals surface area contributed by atoms with Gasteiger partial charge in [0, 0.05) is 18.5 Å². The summed E-state index contributed by atoms with van der Waals surface area (Å²) in [7, 11) is 0. The van der Waals surface area contributed by atoms with Gasteiger partial charge in [0.05, 0.1) is 0 Å². The Hall–Kier alpha value is -2.21. The summed E-state index contributed by atoms with van der Waals surface area (Å²) >= 11 is 0. The molecule has 2 heterocycles. The van der Waals surface area contributed by atoms with Crippen LogP contribution in [0.2, 0.25) is 0 Å². The van der Waals surface area contributed by atoms with E-state index in [-0.39, 0.29) is 23.8 Å². The third kappa shape index (κ3) is 2.54. The van der Waals surface area contributed by atoms with Crippen molar-refractivity contribution < 1.29 is 19.6 Å². The topological polar surface area (TPSA) is 77.9 Å². The second kappa shape index (κ2) is 6.05. The van der Waals surface area contributed by atoms with Gasteiger partial charge in [0.2, 0.25) is 0 Å². The van der Waals surface area contributed by atoms with Crippen LogP contribution in [0.1, 0.15) is 42.6 Å². The predicted molar refractivity (Wildman–Crippen MR) is 74.3 cm³/mol. The van der Waals surface area contributed by atoms with Gasteiger partial charge in [0.25, 0.3) is 17.7 Å². The molecule has 1 aromatic carbocycles. The second-order valence-electron chi connectivity index (χ2n) is 4.69. The number of benzene rings is 1. The van der Waals surface area contributed by atoms with Gasteiger partial charge in [0.15, 0.2) is 0 Å². The van der Waals surface area contributed by atoms with E-state index in [2.05, 4.69) is 0 Å². The Morgan fingerprint density at radius 3 is 2.48 bits per heavy atom. The normalized spacial score (nSPS) is 21.1. The number of imide groups is 1. The average molecular weight is 290 g/mol. The van der Waals surface area contributed by atoms with E-state index in [4.69, 9.17) is 0 Å². The Morgan fingerprint density at radius 2 is 1.81 bits per heavy atom. The highest BCUT2D eigenvalue weighted by molar-refractivity contribution is 6.04. The molecule has 1 saturated heterocycles. The standard InChI is InChI=1S/C13H12N2O4.C2H6/c16-11-6-5-10(13(18)15(11)19)14-7-8-3-1-2-4-9(8)12(14)17;1-2/h1-4,10,19H,5-7H2;1-2H3. The lowest BCUT2D eigenvalue weighted by Crippen LogP contribution is -2.53. The summed E-state index contributed by atoms with van der Waals surface area (Å²) in [6.07, 6.45) is 0.321. The fraction of sp³-hybridized carbons (Fsp3) is 0.400. The van der Waals surface area contributed by atoms with Gasteiger partial charge in [0.1, 0.15) is 6.04 Å². The van der Waals surface area contributed by atoms with Gasteiger partial charge in [-0.05, 0) is 18.1 Å². The number of piperidine rings is 1. The van der Waals surface area contributed by atoms with Crippen molar-refractivity contribution in [2.75, 3.05) is 0 Å². The highest BCUT2D eigenvalue weighted by Crippen LogP contribution is 2.28. The van der Waals surface area contributed by atoms with Crippen LogP contribution in [-0.4, -0.2) is 38.9 Å². The molecule has 1 unspecified atom stereocenters. The Balaban J connectivity index is 0.000000774. The predicted octanol–water partition coefficient (Wildman–Crippen LogP) is 1.58. The molecular formula is C15H18N2O4. The maximum atomic E-state index is 12.2. The lowest BCUT2D eigenvalue weighted by atomic mass is 10.0. The van der Waals surface area contributed by atoms with Crippen LogP contribution in [0.5, 0.6) is 0 Å². The zero-order chi connectivity index (χ0) is 15.6. The van der Waals surface area contributed by atoms with Crippen molar-refractivity contribution in [3.8, 4) is 0 Å². The van der Waals surface area contributed by atoms with Crippen molar-refractivity contribution in [3.63, 3.8) is 0 Å². The van der Waals surface area contributed by atoms with Gasteiger partial charge in [-0.25, -0.2) is 0 Å². The van der Waals surface area contributed by atoms with Gasteiger partial charge in [-0.1, -0.05) is 32.0 Å². The highest BCUT2D eigenvalue weighted by atomic mass is 16.5. The van der Waals surface area contributed by atoms with E-state index in [0.717, 1.165) is 5.56 Å². The molecule has 2 aliphatic rings. The molecule has 112 valence electrons. The summed E-state index contributed by atoms with van der Waals surface area (Å²) in [6.45, 7) is 4.34. The first-order chi connectivity index (χ1) is 10.1. The Morgan fingerprint density at radius 1 is 1.14 bits per heavy atom. The Bertz CT molecular complexity index is 585. The SMILES string of the molecule is CC.O=C1CCC(N2Cc3ccccc3C2=O)C(=O)N1O. The van der Waals surface area contributed by atoms with Crippen molar-refractivity contribution in [1.29, 1.82) is 0 Å². The number of carbonyl (C=O) groups is 3. The molecule has 0 radical (unpaired) electrons. The van der Waals surface area contributed by atoms with Crippen LogP contribution in [-0.2, 0) is 16.1 Å². The van der Waals surface area contributed by atoms with E-state index in [1.54, 1.807) is 12.1 Å². The van der Waals surface area contributed by atoms with Crippen LogP contribution in [0.15, 0.2) is 24.3 Å². The molecular weight excluding hydrogens is 272 g/mol. The summed E-state index contributed by atoms with van der Waals surface area (Å²) < 4.78 is 0. The van der Waals surface area contributed by atoms with E-state index in [0.29, 0.717) is 12.1 Å². The molecule has 1 fully saturated rings. The molecule has 0 aromatic heterocycles. The van der Waals surface area contributed by atoms with Crippen molar-refractivity contribution in [1.82, 2.24) is 9.96 Å². The second-order valence-corrected chi connectivity index (χ2v) is 4.69. The Labute approximate surface area is 122 Å². The molecule has 0 saturated carbocycles. The molecule has 2 aliphatic heterocycles. The van der Waals surface area contributed by atoms with Crippen molar-refractivity contribution in [3.05, 3.63) is 35.4 Å². The summed E-state index contributed by atoms with van der Waals surface area (Å²) in [5.74, 6) is -1.57. The molecule has 6 heteroatoms. The smallest absolute Gasteiger partial charge is 0.276 e. The molecule has 6 nitrogen and oxygen atoms in total. The zero-order valence-electron chi connectivity index (χ0n) is 12.1. The third-order valence-corrected chi connectivity index (χ3v) is 3.59. The average Bonchev–Trinajstić information content (AvgIpc) is 2.85. The van der Waals surface area contributed by atoms with Crippen LogP contribution in [0, 0.1) is 0 Å². The van der Waals surface area contributed by atoms with Gasteiger partial charge in [-0.3, -0.25) is 19.6 Å². The van der Waals surface area contributed by atoms with E-state index in [9.17, 15) is 19.6 Å². The summed E-state index contributed by atoms with van der Waals surface area (Å²) in [6, 6.07) is 6.39. The van der Waals surface area contributed by atoms with Crippen molar-refractivity contribution >= 4 is 17.7 Å². The maximum Gasteiger partial charge on any atom is 0.276 e. The molecule has 1 N–H and O–H groups in total. The number of hydrogen-bond donors (Lipinski definition) is 1. The molecule has 1 atom stereocenters. The molecule has 3 amide bonds. The minimum Gasteiger partial charge on any atom is -0.322 e. The number of carbonyl (C=O) groups excluding carboxylic acids is 3. The van der Waals surface area contributed by atoms with E-state index in [1.165, 1.54) is 4.90 Å². The zero-order valence-corrected chi connectivity index (χ0v) is 12.1. The Kier molecular flexibility index (Phi) is 4.37. The highest BCUT2D eigenvalue weighted by Gasteiger charge is 2.42. The summed E-state index contributed by atoms with van der Waals surface area (Å²) in [5, 5.41) is 9.51. The number of nitrogens with zero attached hydrogens (tertiary/aromatic N) is 2. The molecule has 3 rings (SSSR count). The van der Waals surface area contributed by atoms with Gasteiger partial charge in [-0.2, -0.15) is 5.06 Å². The number of amides is 3. The minimum absolute atomic E-state index is 0.0625. The van der Waals surface area contributed by atoms with E-state index < -0.39 is 17.9 Å². The van der Waals surface area contributed by atoms with Crippen LogP contribution in [0.25, 0.3) is 0 Å². The molecule has 0 bridgehead atoms. The fourth-order valence-corrected chi connectivity index (χ4v) is 2.57. The van der Waals surface area contributed by atoms with Crippen molar-refractivity contribution in [2.24, 2.45) is 0 Å². The van der Waals surface area contributed by atoms with E-state index in [1.807, 2.05) is 26.0 Å². The monoisotopic (exact) mass is 290 g/mol. The van der Waals surface area contributed by atoms with Gasteiger partial charge < -0.3 is 4.90 Å². The fourth-order valence-electron chi connectivity index (χ4n) is 2.57. The van der Waals surface area contributed by atoms with Gasteiger partial charge in [-0.15, -0.1) is 0 Å². The lowest BCUT2D eigenvalue weighted by molar-refractivity contribution is -0.187. The van der Waals surface area contributed by atoms with Crippen LogP contribution in [0.3, 0.4) is 0 Å². The first kappa shape index (κ1) is 15.2. The maximum absolute atomic E-state index is 12.2. The number of hydroxylamine groups is 2. The molecule has 1 aromatic rings. The van der Waals surface area contributed by atoms with E-state index >= 15 is 0 Å². The quantitative estimate of drug-likeness (QED) is 0.629. The number of fused-ring (bicyclic) bond motifs is 1.